The Hall–Kier alpha value is -1.45. The number of carbonyl (C=O) groups excluding carboxylic acids is 1. The first-order chi connectivity index (χ1) is 11.8. The predicted molar refractivity (Wildman–Crippen MR) is 97.8 cm³/mol. The van der Waals surface area contributed by atoms with Gasteiger partial charge in [0, 0.05) is 12.1 Å². The van der Waals surface area contributed by atoms with E-state index in [2.05, 4.69) is 10.0 Å². The third-order valence-electron chi connectivity index (χ3n) is 3.48. The fraction of sp³-hybridized carbons (Fsp3) is 0.562. The number of rotatable bonds is 8. The lowest BCUT2D eigenvalue weighted by Gasteiger charge is -2.21. The highest BCUT2D eigenvalue weighted by Crippen LogP contribution is 2.32. The maximum atomic E-state index is 12.7. The van der Waals surface area contributed by atoms with Crippen LogP contribution in [0.4, 0.5) is 0 Å². The number of nitrogens with one attached hydrogen (secondary N) is 2. The summed E-state index contributed by atoms with van der Waals surface area (Å²) in [6.07, 6.45) is 2.32. The molecule has 0 radical (unpaired) electrons. The summed E-state index contributed by atoms with van der Waals surface area (Å²) in [6.45, 7) is 4.47. The van der Waals surface area contributed by atoms with Gasteiger partial charge in [0.05, 0.1) is 4.90 Å². The molecule has 140 valence electrons. The van der Waals surface area contributed by atoms with Gasteiger partial charge < -0.3 is 14.8 Å². The van der Waals surface area contributed by atoms with Gasteiger partial charge in [-0.2, -0.15) is 16.5 Å². The van der Waals surface area contributed by atoms with Crippen LogP contribution in [0.25, 0.3) is 0 Å². The van der Waals surface area contributed by atoms with E-state index in [0.717, 1.165) is 0 Å². The van der Waals surface area contributed by atoms with Gasteiger partial charge in [-0.25, -0.2) is 8.42 Å². The summed E-state index contributed by atoms with van der Waals surface area (Å²) in [7, 11) is -3.86. The molecule has 1 aromatic carbocycles. The maximum Gasteiger partial charge on any atom is 0.241 e. The van der Waals surface area contributed by atoms with Crippen molar-refractivity contribution >= 4 is 27.7 Å². The molecule has 1 aliphatic rings. The Morgan fingerprint density at radius 2 is 1.92 bits per heavy atom. The first-order valence-electron chi connectivity index (χ1n) is 8.05. The lowest BCUT2D eigenvalue weighted by molar-refractivity contribution is -0.123. The number of amides is 1. The fourth-order valence-electron chi connectivity index (χ4n) is 2.31. The molecule has 1 aromatic rings. The minimum atomic E-state index is -3.86. The normalized spacial score (nSPS) is 15.0. The summed E-state index contributed by atoms with van der Waals surface area (Å²) >= 11 is 1.56. The second-order valence-corrected chi connectivity index (χ2v) is 8.62. The van der Waals surface area contributed by atoms with Gasteiger partial charge in [-0.1, -0.05) is 0 Å². The van der Waals surface area contributed by atoms with Crippen molar-refractivity contribution < 1.29 is 22.7 Å². The van der Waals surface area contributed by atoms with Crippen LogP contribution in [-0.4, -0.2) is 51.6 Å². The molecule has 0 aliphatic carbocycles. The van der Waals surface area contributed by atoms with Gasteiger partial charge in [-0.15, -0.1) is 0 Å². The largest absolute Gasteiger partial charge is 0.486 e. The zero-order chi connectivity index (χ0) is 18.4. The topological polar surface area (TPSA) is 93.7 Å². The molecule has 1 heterocycles. The van der Waals surface area contributed by atoms with Crippen LogP contribution in [0, 0.1) is 0 Å². The van der Waals surface area contributed by atoms with Crippen molar-refractivity contribution in [2.45, 2.75) is 37.2 Å². The summed E-state index contributed by atoms with van der Waals surface area (Å²) in [4.78, 5) is 12.4. The van der Waals surface area contributed by atoms with Crippen LogP contribution in [0.1, 0.15) is 20.3 Å². The van der Waals surface area contributed by atoms with Crippen LogP contribution in [0.15, 0.2) is 23.1 Å². The zero-order valence-corrected chi connectivity index (χ0v) is 16.2. The number of ether oxygens (including phenoxy) is 2. The fourth-order valence-corrected chi connectivity index (χ4v) is 4.03. The summed E-state index contributed by atoms with van der Waals surface area (Å²) in [5.41, 5.74) is 0. The van der Waals surface area contributed by atoms with Crippen molar-refractivity contribution in [2.24, 2.45) is 0 Å². The molecule has 7 nitrogen and oxygen atoms in total. The molecule has 0 bridgehead atoms. The number of hydrogen-bond donors (Lipinski definition) is 2. The molecular weight excluding hydrogens is 364 g/mol. The van der Waals surface area contributed by atoms with Crippen LogP contribution < -0.4 is 19.5 Å². The highest BCUT2D eigenvalue weighted by Gasteiger charge is 2.27. The lowest BCUT2D eigenvalue weighted by Crippen LogP contribution is -2.48. The van der Waals surface area contributed by atoms with Crippen molar-refractivity contribution in [1.29, 1.82) is 0 Å². The summed E-state index contributed by atoms with van der Waals surface area (Å²) in [6, 6.07) is 3.54. The lowest BCUT2D eigenvalue weighted by atomic mass is 10.2. The minimum absolute atomic E-state index is 0.0447. The number of carbonyl (C=O) groups is 1. The number of benzene rings is 1. The Bertz CT molecular complexity index is 706. The Kier molecular flexibility index (Phi) is 6.97. The molecule has 1 unspecified atom stereocenters. The molecule has 2 rings (SSSR count). The number of fused-ring (bicyclic) bond motifs is 1. The third kappa shape index (κ3) is 5.52. The SMILES string of the molecule is CSCCC(NS(=O)(=O)c1ccc2c(c1)OCCO2)C(=O)NC(C)C. The Morgan fingerprint density at radius 3 is 2.56 bits per heavy atom. The molecule has 0 spiro atoms. The van der Waals surface area contributed by atoms with Gasteiger partial charge >= 0.3 is 0 Å². The van der Waals surface area contributed by atoms with Gasteiger partial charge in [0.1, 0.15) is 19.3 Å². The molecule has 1 aliphatic heterocycles. The molecular formula is C16H24N2O5S2. The summed E-state index contributed by atoms with van der Waals surface area (Å²) < 4.78 is 38.7. The maximum absolute atomic E-state index is 12.7. The first kappa shape index (κ1) is 19.9. The highest BCUT2D eigenvalue weighted by molar-refractivity contribution is 7.98. The molecule has 0 fully saturated rings. The average Bonchev–Trinajstić information content (AvgIpc) is 2.57. The molecule has 0 saturated heterocycles. The van der Waals surface area contributed by atoms with Crippen molar-refractivity contribution in [3.63, 3.8) is 0 Å². The smallest absolute Gasteiger partial charge is 0.241 e. The molecule has 1 atom stereocenters. The van der Waals surface area contributed by atoms with Gasteiger partial charge in [0.2, 0.25) is 15.9 Å². The van der Waals surface area contributed by atoms with E-state index in [1.165, 1.54) is 12.1 Å². The van der Waals surface area contributed by atoms with Crippen molar-refractivity contribution in [1.82, 2.24) is 10.0 Å². The van der Waals surface area contributed by atoms with E-state index in [0.29, 0.717) is 36.9 Å². The monoisotopic (exact) mass is 388 g/mol. The molecule has 1 amide bonds. The van der Waals surface area contributed by atoms with Gasteiger partial charge in [-0.3, -0.25) is 4.79 Å². The summed E-state index contributed by atoms with van der Waals surface area (Å²) in [5.74, 6) is 1.24. The predicted octanol–water partition coefficient (Wildman–Crippen LogP) is 1.38. The number of hydrogen-bond acceptors (Lipinski definition) is 6. The van der Waals surface area contributed by atoms with Crippen LogP contribution >= 0.6 is 11.8 Å². The van der Waals surface area contributed by atoms with Gasteiger partial charge in [-0.05, 0) is 44.4 Å². The van der Waals surface area contributed by atoms with E-state index in [-0.39, 0.29) is 16.8 Å². The number of thioether (sulfide) groups is 1. The third-order valence-corrected chi connectivity index (χ3v) is 5.59. The van der Waals surface area contributed by atoms with Crippen molar-refractivity contribution in [2.75, 3.05) is 25.2 Å². The van der Waals surface area contributed by atoms with E-state index in [1.807, 2.05) is 20.1 Å². The van der Waals surface area contributed by atoms with Crippen LogP contribution in [0.3, 0.4) is 0 Å². The minimum Gasteiger partial charge on any atom is -0.486 e. The van der Waals surface area contributed by atoms with E-state index in [1.54, 1.807) is 17.8 Å². The van der Waals surface area contributed by atoms with Gasteiger partial charge in [0.15, 0.2) is 11.5 Å². The van der Waals surface area contributed by atoms with E-state index in [4.69, 9.17) is 9.47 Å². The second kappa shape index (κ2) is 8.77. The molecule has 0 aromatic heterocycles. The van der Waals surface area contributed by atoms with E-state index in [9.17, 15) is 13.2 Å². The Morgan fingerprint density at radius 1 is 1.24 bits per heavy atom. The average molecular weight is 389 g/mol. The Labute approximate surface area is 152 Å². The zero-order valence-electron chi connectivity index (χ0n) is 14.6. The molecule has 25 heavy (non-hydrogen) atoms. The highest BCUT2D eigenvalue weighted by atomic mass is 32.2. The van der Waals surface area contributed by atoms with Crippen LogP contribution in [0.2, 0.25) is 0 Å². The first-order valence-corrected chi connectivity index (χ1v) is 10.9. The standard InChI is InChI=1S/C16H24N2O5S2/c1-11(2)17-16(19)13(6-9-24-3)18-25(20,21)12-4-5-14-15(10-12)23-8-7-22-14/h4-5,10-11,13,18H,6-9H2,1-3H3,(H,17,19). The quantitative estimate of drug-likeness (QED) is 0.699. The van der Waals surface area contributed by atoms with E-state index < -0.39 is 16.1 Å². The van der Waals surface area contributed by atoms with Crippen molar-refractivity contribution in [3.05, 3.63) is 18.2 Å². The second-order valence-electron chi connectivity index (χ2n) is 5.92. The number of sulfonamides is 1. The molecule has 0 saturated carbocycles. The van der Waals surface area contributed by atoms with E-state index >= 15 is 0 Å². The van der Waals surface area contributed by atoms with Crippen LogP contribution in [-0.2, 0) is 14.8 Å². The molecule has 2 N–H and O–H groups in total. The summed E-state index contributed by atoms with van der Waals surface area (Å²) in [5, 5.41) is 2.76. The van der Waals surface area contributed by atoms with Crippen molar-refractivity contribution in [3.8, 4) is 11.5 Å². The molecule has 9 heteroatoms. The van der Waals surface area contributed by atoms with Gasteiger partial charge in [0.25, 0.3) is 0 Å². The Balaban J connectivity index is 2.19. The van der Waals surface area contributed by atoms with Crippen LogP contribution in [0.5, 0.6) is 11.5 Å².